The zero-order valence-electron chi connectivity index (χ0n) is 9.89. The number of benzene rings is 1. The first-order chi connectivity index (χ1) is 8.90. The minimum absolute atomic E-state index is 0.0156. The zero-order chi connectivity index (χ0) is 14.1. The van der Waals surface area contributed by atoms with Gasteiger partial charge in [0.1, 0.15) is 0 Å². The van der Waals surface area contributed by atoms with Crippen LogP contribution in [0.1, 0.15) is 12.0 Å². The van der Waals surface area contributed by atoms with E-state index in [1.165, 1.54) is 0 Å². The molecule has 0 unspecified atom stereocenters. The number of rotatable bonds is 3. The number of aliphatic hydroxyl groups is 1. The van der Waals surface area contributed by atoms with Gasteiger partial charge in [0.2, 0.25) is 0 Å². The summed E-state index contributed by atoms with van der Waals surface area (Å²) in [7, 11) is 0. The smallest absolute Gasteiger partial charge is 0.349 e. The Balaban J connectivity index is 2.37. The molecule has 2 rings (SSSR count). The highest BCUT2D eigenvalue weighted by molar-refractivity contribution is 6.03. The topological polar surface area (TPSA) is 67.8 Å². The van der Waals surface area contributed by atoms with Gasteiger partial charge >= 0.3 is 12.0 Å². The van der Waals surface area contributed by atoms with Crippen molar-refractivity contribution in [2.24, 2.45) is 16.8 Å². The average Bonchev–Trinajstić information content (AvgIpc) is 2.70. The zero-order valence-corrected chi connectivity index (χ0v) is 9.89. The van der Waals surface area contributed by atoms with Crippen molar-refractivity contribution >= 4 is 5.71 Å². The summed E-state index contributed by atoms with van der Waals surface area (Å²) in [6.07, 6.45) is -5.02. The monoisotopic (exact) mass is 274 g/mol. The van der Waals surface area contributed by atoms with E-state index >= 15 is 0 Å². The standard InChI is InChI=1S/C12H13F3N2O2/c13-12(14,15)11(18)9(6-7-16)10(17-19-11)8-4-2-1-3-5-8/h1-5,9,18H,6-7,16H2/t9-,11-/m1/s1. The maximum atomic E-state index is 12.9. The Morgan fingerprint density at radius 1 is 1.32 bits per heavy atom. The van der Waals surface area contributed by atoms with Crippen LogP contribution in [0.5, 0.6) is 0 Å². The van der Waals surface area contributed by atoms with Gasteiger partial charge in [-0.2, -0.15) is 13.2 Å². The van der Waals surface area contributed by atoms with Crippen LogP contribution in [-0.2, 0) is 4.84 Å². The Kier molecular flexibility index (Phi) is 3.51. The Morgan fingerprint density at radius 2 is 1.95 bits per heavy atom. The maximum Gasteiger partial charge on any atom is 0.458 e. The van der Waals surface area contributed by atoms with Gasteiger partial charge in [-0.3, -0.25) is 0 Å². The van der Waals surface area contributed by atoms with Gasteiger partial charge in [-0.15, -0.1) is 0 Å². The predicted molar refractivity (Wildman–Crippen MR) is 62.2 cm³/mol. The van der Waals surface area contributed by atoms with E-state index in [-0.39, 0.29) is 18.7 Å². The van der Waals surface area contributed by atoms with E-state index in [4.69, 9.17) is 5.73 Å². The molecule has 0 fully saturated rings. The fraction of sp³-hybridized carbons (Fsp3) is 0.417. The van der Waals surface area contributed by atoms with Gasteiger partial charge in [0.15, 0.2) is 0 Å². The third kappa shape index (κ3) is 2.31. The first-order valence-electron chi connectivity index (χ1n) is 5.71. The third-order valence-electron chi connectivity index (χ3n) is 3.02. The fourth-order valence-electron chi connectivity index (χ4n) is 2.04. The minimum Gasteiger partial charge on any atom is -0.349 e. The molecule has 2 atom stereocenters. The van der Waals surface area contributed by atoms with E-state index in [0.717, 1.165) is 0 Å². The molecule has 0 spiro atoms. The lowest BCUT2D eigenvalue weighted by molar-refractivity contribution is -0.370. The van der Waals surface area contributed by atoms with Crippen LogP contribution in [-0.4, -0.2) is 29.3 Å². The molecular formula is C12H13F3N2O2. The van der Waals surface area contributed by atoms with Gasteiger partial charge in [-0.1, -0.05) is 35.5 Å². The van der Waals surface area contributed by atoms with Crippen molar-refractivity contribution in [3.05, 3.63) is 35.9 Å². The summed E-state index contributed by atoms with van der Waals surface area (Å²) >= 11 is 0. The van der Waals surface area contributed by atoms with Crippen molar-refractivity contribution in [3.63, 3.8) is 0 Å². The molecule has 7 heteroatoms. The number of alkyl halides is 3. The summed E-state index contributed by atoms with van der Waals surface area (Å²) in [6.45, 7) is -0.0156. The molecule has 0 bridgehead atoms. The molecule has 0 radical (unpaired) electrons. The van der Waals surface area contributed by atoms with Crippen LogP contribution < -0.4 is 5.73 Å². The highest BCUT2D eigenvalue weighted by Crippen LogP contribution is 2.44. The van der Waals surface area contributed by atoms with Gasteiger partial charge in [0.05, 0.1) is 11.6 Å². The first kappa shape index (κ1) is 13.8. The molecule has 1 aliphatic rings. The lowest BCUT2D eigenvalue weighted by Crippen LogP contribution is -2.52. The van der Waals surface area contributed by atoms with Crippen molar-refractivity contribution in [1.29, 1.82) is 0 Å². The summed E-state index contributed by atoms with van der Waals surface area (Å²) in [4.78, 5) is 4.30. The third-order valence-corrected chi connectivity index (χ3v) is 3.02. The van der Waals surface area contributed by atoms with Crippen LogP contribution in [0, 0.1) is 5.92 Å². The normalized spacial score (nSPS) is 27.0. The Labute approximate surface area is 107 Å². The predicted octanol–water partition coefficient (Wildman–Crippen LogP) is 1.64. The highest BCUT2D eigenvalue weighted by Gasteiger charge is 2.66. The summed E-state index contributed by atoms with van der Waals surface area (Å²) in [5.41, 5.74) is 5.86. The average molecular weight is 274 g/mol. The molecule has 1 heterocycles. The van der Waals surface area contributed by atoms with Gasteiger partial charge < -0.3 is 15.7 Å². The fourth-order valence-corrected chi connectivity index (χ4v) is 2.04. The number of hydrogen-bond donors (Lipinski definition) is 2. The number of nitrogens with zero attached hydrogens (tertiary/aromatic N) is 1. The van der Waals surface area contributed by atoms with Crippen LogP contribution in [0.2, 0.25) is 0 Å². The van der Waals surface area contributed by atoms with E-state index in [9.17, 15) is 18.3 Å². The molecule has 0 aromatic heterocycles. The van der Waals surface area contributed by atoms with Crippen LogP contribution in [0.15, 0.2) is 35.5 Å². The molecular weight excluding hydrogens is 261 g/mol. The van der Waals surface area contributed by atoms with Gasteiger partial charge in [0, 0.05) is 0 Å². The number of halogens is 3. The van der Waals surface area contributed by atoms with Gasteiger partial charge in [-0.25, -0.2) is 0 Å². The molecule has 104 valence electrons. The highest BCUT2D eigenvalue weighted by atomic mass is 19.4. The maximum absolute atomic E-state index is 12.9. The number of nitrogens with two attached hydrogens (primary N) is 1. The van der Waals surface area contributed by atoms with Crippen LogP contribution in [0.3, 0.4) is 0 Å². The first-order valence-corrected chi connectivity index (χ1v) is 5.71. The van der Waals surface area contributed by atoms with E-state index in [1.54, 1.807) is 30.3 Å². The molecule has 4 nitrogen and oxygen atoms in total. The summed E-state index contributed by atoms with van der Waals surface area (Å²) < 4.78 is 38.8. The number of hydrogen-bond acceptors (Lipinski definition) is 4. The quantitative estimate of drug-likeness (QED) is 0.880. The molecule has 19 heavy (non-hydrogen) atoms. The minimum atomic E-state index is -4.94. The largest absolute Gasteiger partial charge is 0.458 e. The molecule has 1 aromatic rings. The molecule has 0 amide bonds. The molecule has 1 aliphatic heterocycles. The molecule has 0 saturated heterocycles. The van der Waals surface area contributed by atoms with Crippen molar-refractivity contribution in [2.75, 3.05) is 6.54 Å². The van der Waals surface area contributed by atoms with Gasteiger partial charge in [-0.05, 0) is 18.5 Å². The van der Waals surface area contributed by atoms with Crippen LogP contribution >= 0.6 is 0 Å². The SMILES string of the molecule is NCC[C@@H]1C(c2ccccc2)=NO[C@@]1(O)C(F)(F)F. The van der Waals surface area contributed by atoms with Crippen LogP contribution in [0.25, 0.3) is 0 Å². The second-order valence-electron chi connectivity index (χ2n) is 4.26. The van der Waals surface area contributed by atoms with Gasteiger partial charge in [0.25, 0.3) is 0 Å². The van der Waals surface area contributed by atoms with Crippen molar-refractivity contribution in [3.8, 4) is 0 Å². The van der Waals surface area contributed by atoms with E-state index < -0.39 is 17.9 Å². The molecule has 0 saturated carbocycles. The van der Waals surface area contributed by atoms with E-state index in [2.05, 4.69) is 9.99 Å². The number of oxime groups is 1. The summed E-state index contributed by atoms with van der Waals surface area (Å²) in [5.74, 6) is -4.64. The molecule has 1 aromatic carbocycles. The second-order valence-corrected chi connectivity index (χ2v) is 4.26. The summed E-state index contributed by atoms with van der Waals surface area (Å²) in [5, 5.41) is 13.1. The Bertz CT molecular complexity index is 476. The Hall–Kier alpha value is -1.60. The lowest BCUT2D eigenvalue weighted by Gasteiger charge is -2.29. The molecule has 3 N–H and O–H groups in total. The van der Waals surface area contributed by atoms with Crippen molar-refractivity contribution in [2.45, 2.75) is 18.4 Å². The van der Waals surface area contributed by atoms with Crippen molar-refractivity contribution < 1.29 is 23.1 Å². The van der Waals surface area contributed by atoms with E-state index in [0.29, 0.717) is 5.56 Å². The Morgan fingerprint density at radius 3 is 2.47 bits per heavy atom. The van der Waals surface area contributed by atoms with Crippen molar-refractivity contribution in [1.82, 2.24) is 0 Å². The van der Waals surface area contributed by atoms with E-state index in [1.807, 2.05) is 0 Å². The van der Waals surface area contributed by atoms with Crippen LogP contribution in [0.4, 0.5) is 13.2 Å². The second kappa shape index (κ2) is 4.82. The molecule has 0 aliphatic carbocycles. The lowest BCUT2D eigenvalue weighted by atomic mass is 9.87. The summed E-state index contributed by atoms with van der Waals surface area (Å²) in [6, 6.07) is 8.28.